The van der Waals surface area contributed by atoms with Gasteiger partial charge in [0.25, 0.3) is 5.91 Å². The number of ether oxygens (including phenoxy) is 3. The first kappa shape index (κ1) is 24.5. The molecule has 0 spiro atoms. The number of carbonyl (C=O) groups excluding carboxylic acids is 1. The van der Waals surface area contributed by atoms with Gasteiger partial charge in [-0.2, -0.15) is 5.10 Å². The number of hydrazone groups is 1. The molecule has 0 unspecified atom stereocenters. The fraction of sp³-hybridized carbons (Fsp3) is 0.304. The summed E-state index contributed by atoms with van der Waals surface area (Å²) in [4.78, 5) is 11.9. The highest BCUT2D eigenvalue weighted by molar-refractivity contribution is 8.01. The van der Waals surface area contributed by atoms with E-state index in [1.165, 1.54) is 34.2 Å². The standard InChI is InChI=1S/C23H26N4O4S2/c1-15-5-7-19(11-16(15)2)30-9-10-31-20-8-6-18(12-21(20)29-4)13-24-26-22(28)14-32-23-27-25-17(3)33-23/h5-8,11-13H,9-10,14H2,1-4H3,(H,26,28). The zero-order valence-electron chi connectivity index (χ0n) is 19.0. The SMILES string of the molecule is COc1cc(C=NNC(=O)CSc2nnc(C)s2)ccc1OCCOc1ccc(C)c(C)c1. The fourth-order valence-electron chi connectivity index (χ4n) is 2.67. The van der Waals surface area contributed by atoms with Crippen LogP contribution in [-0.2, 0) is 4.79 Å². The number of carbonyl (C=O) groups is 1. The van der Waals surface area contributed by atoms with E-state index >= 15 is 0 Å². The first-order valence-electron chi connectivity index (χ1n) is 10.2. The smallest absolute Gasteiger partial charge is 0.250 e. The van der Waals surface area contributed by atoms with E-state index in [1.54, 1.807) is 25.5 Å². The van der Waals surface area contributed by atoms with Crippen molar-refractivity contribution in [3.63, 3.8) is 0 Å². The van der Waals surface area contributed by atoms with Gasteiger partial charge in [0.2, 0.25) is 0 Å². The molecular formula is C23H26N4O4S2. The third kappa shape index (κ3) is 7.76. The van der Waals surface area contributed by atoms with Crippen molar-refractivity contribution < 1.29 is 19.0 Å². The highest BCUT2D eigenvalue weighted by Gasteiger charge is 2.07. The van der Waals surface area contributed by atoms with Gasteiger partial charge < -0.3 is 14.2 Å². The second-order valence-corrected chi connectivity index (χ2v) is 9.43. The Morgan fingerprint density at radius 1 is 1.06 bits per heavy atom. The zero-order chi connectivity index (χ0) is 23.6. The minimum atomic E-state index is -0.222. The number of benzene rings is 2. The third-order valence-electron chi connectivity index (χ3n) is 4.51. The monoisotopic (exact) mass is 486 g/mol. The molecule has 0 aliphatic heterocycles. The van der Waals surface area contributed by atoms with Crippen LogP contribution in [0.1, 0.15) is 21.7 Å². The van der Waals surface area contributed by atoms with Crippen LogP contribution < -0.4 is 19.6 Å². The fourth-order valence-corrected chi connectivity index (χ4v) is 4.28. The Balaban J connectivity index is 1.45. The molecule has 1 amide bonds. The molecule has 10 heteroatoms. The van der Waals surface area contributed by atoms with Crippen LogP contribution in [0.3, 0.4) is 0 Å². The first-order chi connectivity index (χ1) is 15.9. The second kappa shape index (κ2) is 12.2. The summed E-state index contributed by atoms with van der Waals surface area (Å²) in [5, 5.41) is 12.8. The maximum atomic E-state index is 11.9. The molecule has 1 N–H and O–H groups in total. The van der Waals surface area contributed by atoms with Crippen LogP contribution in [0.15, 0.2) is 45.8 Å². The molecule has 0 bridgehead atoms. The Kier molecular flexibility index (Phi) is 9.08. The van der Waals surface area contributed by atoms with Gasteiger partial charge >= 0.3 is 0 Å². The zero-order valence-corrected chi connectivity index (χ0v) is 20.6. The minimum absolute atomic E-state index is 0.215. The lowest BCUT2D eigenvalue weighted by atomic mass is 10.1. The number of nitrogens with one attached hydrogen (secondary N) is 1. The summed E-state index contributed by atoms with van der Waals surface area (Å²) >= 11 is 2.78. The maximum absolute atomic E-state index is 11.9. The van der Waals surface area contributed by atoms with Crippen molar-refractivity contribution >= 4 is 35.2 Å². The lowest BCUT2D eigenvalue weighted by Gasteiger charge is -2.12. The molecule has 8 nitrogen and oxygen atoms in total. The summed E-state index contributed by atoms with van der Waals surface area (Å²) in [6, 6.07) is 11.4. The van der Waals surface area contributed by atoms with Gasteiger partial charge in [-0.05, 0) is 67.8 Å². The van der Waals surface area contributed by atoms with Crippen LogP contribution in [0.4, 0.5) is 0 Å². The van der Waals surface area contributed by atoms with Crippen molar-refractivity contribution in [3.8, 4) is 17.2 Å². The molecule has 0 fully saturated rings. The van der Waals surface area contributed by atoms with Crippen LogP contribution in [0.5, 0.6) is 17.2 Å². The van der Waals surface area contributed by atoms with Gasteiger partial charge in [0.1, 0.15) is 24.0 Å². The lowest BCUT2D eigenvalue weighted by molar-refractivity contribution is -0.118. The Labute approximate surface area is 201 Å². The number of rotatable bonds is 11. The van der Waals surface area contributed by atoms with E-state index in [2.05, 4.69) is 34.6 Å². The van der Waals surface area contributed by atoms with E-state index in [-0.39, 0.29) is 11.7 Å². The molecule has 3 aromatic rings. The van der Waals surface area contributed by atoms with E-state index in [0.717, 1.165) is 20.7 Å². The van der Waals surface area contributed by atoms with Gasteiger partial charge in [-0.1, -0.05) is 29.2 Å². The van der Waals surface area contributed by atoms with Crippen molar-refractivity contribution in [3.05, 3.63) is 58.1 Å². The van der Waals surface area contributed by atoms with Crippen LogP contribution in [0, 0.1) is 20.8 Å². The second-order valence-electron chi connectivity index (χ2n) is 7.02. The summed E-state index contributed by atoms with van der Waals surface area (Å²) < 4.78 is 17.7. The summed E-state index contributed by atoms with van der Waals surface area (Å²) in [6.45, 7) is 6.78. The molecule has 0 aliphatic carbocycles. The number of amides is 1. The predicted octanol–water partition coefficient (Wildman–Crippen LogP) is 4.17. The topological polar surface area (TPSA) is 94.9 Å². The minimum Gasteiger partial charge on any atom is -0.493 e. The summed E-state index contributed by atoms with van der Waals surface area (Å²) in [6.07, 6.45) is 1.55. The molecule has 2 aromatic carbocycles. The number of nitrogens with zero attached hydrogens (tertiary/aromatic N) is 3. The van der Waals surface area contributed by atoms with Crippen molar-refractivity contribution in [2.75, 3.05) is 26.1 Å². The number of aromatic nitrogens is 2. The predicted molar refractivity (Wildman–Crippen MR) is 131 cm³/mol. The van der Waals surface area contributed by atoms with Gasteiger partial charge in [0, 0.05) is 0 Å². The molecular weight excluding hydrogens is 460 g/mol. The van der Waals surface area contributed by atoms with E-state index < -0.39 is 0 Å². The number of hydrogen-bond acceptors (Lipinski definition) is 9. The highest BCUT2D eigenvalue weighted by atomic mass is 32.2. The van der Waals surface area contributed by atoms with Crippen molar-refractivity contribution in [2.24, 2.45) is 5.10 Å². The quantitative estimate of drug-likeness (QED) is 0.188. The number of methoxy groups -OCH3 is 1. The van der Waals surface area contributed by atoms with E-state index in [4.69, 9.17) is 14.2 Å². The van der Waals surface area contributed by atoms with E-state index in [1.807, 2.05) is 31.2 Å². The van der Waals surface area contributed by atoms with E-state index in [0.29, 0.717) is 24.7 Å². The molecule has 33 heavy (non-hydrogen) atoms. The Hall–Kier alpha value is -3.11. The van der Waals surface area contributed by atoms with Crippen molar-refractivity contribution in [2.45, 2.75) is 25.1 Å². The summed E-state index contributed by atoms with van der Waals surface area (Å²) in [7, 11) is 1.57. The van der Waals surface area contributed by atoms with Gasteiger partial charge in [0.05, 0.1) is 19.1 Å². The summed E-state index contributed by atoms with van der Waals surface area (Å²) in [5.74, 6) is 1.98. The molecule has 0 aliphatic rings. The molecule has 0 radical (unpaired) electrons. The van der Waals surface area contributed by atoms with Crippen molar-refractivity contribution in [1.29, 1.82) is 0 Å². The number of aryl methyl sites for hydroxylation is 3. The summed E-state index contributed by atoms with van der Waals surface area (Å²) in [5.41, 5.74) is 5.68. The highest BCUT2D eigenvalue weighted by Crippen LogP contribution is 2.27. The lowest BCUT2D eigenvalue weighted by Crippen LogP contribution is -2.19. The first-order valence-corrected chi connectivity index (χ1v) is 12.0. The number of thioether (sulfide) groups is 1. The van der Waals surface area contributed by atoms with Gasteiger partial charge in [-0.3, -0.25) is 4.79 Å². The van der Waals surface area contributed by atoms with Crippen LogP contribution in [-0.4, -0.2) is 48.4 Å². The normalized spacial score (nSPS) is 10.9. The van der Waals surface area contributed by atoms with Gasteiger partial charge in [-0.15, -0.1) is 10.2 Å². The molecule has 3 rings (SSSR count). The molecule has 0 saturated carbocycles. The van der Waals surface area contributed by atoms with Crippen LogP contribution in [0.25, 0.3) is 0 Å². The van der Waals surface area contributed by atoms with Gasteiger partial charge in [-0.25, -0.2) is 5.43 Å². The Morgan fingerprint density at radius 3 is 2.61 bits per heavy atom. The van der Waals surface area contributed by atoms with Crippen LogP contribution >= 0.6 is 23.1 Å². The molecule has 0 saturated heterocycles. The molecule has 1 aromatic heterocycles. The Morgan fingerprint density at radius 2 is 1.88 bits per heavy atom. The van der Waals surface area contributed by atoms with Crippen molar-refractivity contribution in [1.82, 2.24) is 15.6 Å². The molecule has 1 heterocycles. The average Bonchev–Trinajstić information content (AvgIpc) is 3.23. The molecule has 0 atom stereocenters. The Bertz CT molecular complexity index is 1120. The average molecular weight is 487 g/mol. The third-order valence-corrected chi connectivity index (χ3v) is 6.48. The number of hydrogen-bond donors (Lipinski definition) is 1. The maximum Gasteiger partial charge on any atom is 0.250 e. The van der Waals surface area contributed by atoms with E-state index in [9.17, 15) is 4.79 Å². The molecule has 174 valence electrons. The van der Waals surface area contributed by atoms with Gasteiger partial charge in [0.15, 0.2) is 15.8 Å². The van der Waals surface area contributed by atoms with Crippen LogP contribution in [0.2, 0.25) is 0 Å². The largest absolute Gasteiger partial charge is 0.493 e.